The minimum absolute atomic E-state index is 0.192. The lowest BCUT2D eigenvalue weighted by Crippen LogP contribution is -1.94. The Balaban J connectivity index is 2.21. The van der Waals surface area contributed by atoms with Gasteiger partial charge < -0.3 is 5.11 Å². The zero-order valence-electron chi connectivity index (χ0n) is 10.7. The largest absolute Gasteiger partial charge is 0.502 e. The second kappa shape index (κ2) is 6.49. The third-order valence-corrected chi connectivity index (χ3v) is 3.47. The van der Waals surface area contributed by atoms with E-state index in [0.29, 0.717) is 11.1 Å². The first-order chi connectivity index (χ1) is 9.97. The van der Waals surface area contributed by atoms with E-state index in [1.807, 2.05) is 12.1 Å². The smallest absolute Gasteiger partial charge is 0.311 e. The molecule has 2 aromatic carbocycles. The first-order valence-electron chi connectivity index (χ1n) is 5.93. The Labute approximate surface area is 134 Å². The van der Waals surface area contributed by atoms with Gasteiger partial charge in [-0.1, -0.05) is 24.3 Å². The summed E-state index contributed by atoms with van der Waals surface area (Å²) >= 11 is 2.15. The van der Waals surface area contributed by atoms with Crippen LogP contribution in [0.1, 0.15) is 15.9 Å². The Morgan fingerprint density at radius 2 is 1.86 bits per heavy atom. The fraction of sp³-hybridized carbons (Fsp3) is 0. The molecule has 0 unspecified atom stereocenters. The molecule has 0 spiro atoms. The molecule has 0 bridgehead atoms. The Bertz CT molecular complexity index is 723. The summed E-state index contributed by atoms with van der Waals surface area (Å²) in [5.74, 6) is -0.594. The highest BCUT2D eigenvalue weighted by Crippen LogP contribution is 2.26. The summed E-state index contributed by atoms with van der Waals surface area (Å²) in [6.07, 6.45) is 2.82. The second-order valence-electron chi connectivity index (χ2n) is 4.21. The highest BCUT2D eigenvalue weighted by Gasteiger charge is 2.12. The van der Waals surface area contributed by atoms with Crippen LogP contribution in [0.2, 0.25) is 0 Å². The molecule has 0 aliphatic rings. The van der Waals surface area contributed by atoms with Crippen LogP contribution >= 0.6 is 22.6 Å². The Morgan fingerprint density at radius 1 is 1.19 bits per heavy atom. The number of aromatic hydroxyl groups is 1. The highest BCUT2D eigenvalue weighted by atomic mass is 127. The van der Waals surface area contributed by atoms with E-state index in [4.69, 9.17) is 0 Å². The molecule has 0 aromatic heterocycles. The van der Waals surface area contributed by atoms with Gasteiger partial charge in [-0.3, -0.25) is 14.9 Å². The van der Waals surface area contributed by atoms with Crippen molar-refractivity contribution in [2.75, 3.05) is 0 Å². The van der Waals surface area contributed by atoms with Crippen molar-refractivity contribution in [1.29, 1.82) is 0 Å². The number of nitro benzene ring substituents is 1. The van der Waals surface area contributed by atoms with Gasteiger partial charge >= 0.3 is 5.69 Å². The summed E-state index contributed by atoms with van der Waals surface area (Å²) in [6, 6.07) is 11.0. The lowest BCUT2D eigenvalue weighted by molar-refractivity contribution is -0.385. The molecule has 2 rings (SSSR count). The Kier molecular flexibility index (Phi) is 4.69. The van der Waals surface area contributed by atoms with Gasteiger partial charge in [0.2, 0.25) is 0 Å². The summed E-state index contributed by atoms with van der Waals surface area (Å²) in [7, 11) is 0. The third kappa shape index (κ3) is 3.88. The molecule has 21 heavy (non-hydrogen) atoms. The Morgan fingerprint density at radius 3 is 2.48 bits per heavy atom. The van der Waals surface area contributed by atoms with Gasteiger partial charge in [-0.15, -0.1) is 0 Å². The van der Waals surface area contributed by atoms with Crippen LogP contribution in [-0.4, -0.2) is 15.8 Å². The van der Waals surface area contributed by atoms with E-state index >= 15 is 0 Å². The van der Waals surface area contributed by atoms with E-state index in [1.54, 1.807) is 12.1 Å². The van der Waals surface area contributed by atoms with Crippen LogP contribution in [0.4, 0.5) is 5.69 Å². The molecule has 0 aliphatic carbocycles. The lowest BCUT2D eigenvalue weighted by Gasteiger charge is -1.98. The van der Waals surface area contributed by atoms with E-state index in [-0.39, 0.29) is 11.5 Å². The first-order valence-corrected chi connectivity index (χ1v) is 7.00. The monoisotopic (exact) mass is 395 g/mol. The summed E-state index contributed by atoms with van der Waals surface area (Å²) in [4.78, 5) is 22.0. The normalized spacial score (nSPS) is 10.7. The standard InChI is InChI=1S/C15H10INO4/c16-12-5-3-11(4-6-12)14(18)7-1-10-2-8-15(19)13(9-10)17(20)21/h1-9,19H/b7-1+. The van der Waals surface area contributed by atoms with Crippen LogP contribution in [0.15, 0.2) is 48.5 Å². The molecule has 106 valence electrons. The predicted octanol–water partition coefficient (Wildman–Crippen LogP) is 3.80. The molecule has 0 saturated carbocycles. The van der Waals surface area contributed by atoms with Crippen LogP contribution < -0.4 is 0 Å². The van der Waals surface area contributed by atoms with E-state index in [2.05, 4.69) is 22.6 Å². The zero-order chi connectivity index (χ0) is 15.4. The maximum atomic E-state index is 11.9. The summed E-state index contributed by atoms with van der Waals surface area (Å²) in [5.41, 5.74) is 0.622. The van der Waals surface area contributed by atoms with Crippen LogP contribution in [0.3, 0.4) is 0 Å². The van der Waals surface area contributed by atoms with E-state index in [9.17, 15) is 20.0 Å². The Hall–Kier alpha value is -2.22. The number of ketones is 1. The number of nitro groups is 1. The van der Waals surface area contributed by atoms with Crippen LogP contribution in [0.25, 0.3) is 6.08 Å². The number of phenols is 1. The van der Waals surface area contributed by atoms with Crippen molar-refractivity contribution in [3.8, 4) is 5.75 Å². The van der Waals surface area contributed by atoms with Gasteiger partial charge in [-0.2, -0.15) is 0 Å². The molecule has 6 heteroatoms. The minimum atomic E-state index is -0.673. The number of rotatable bonds is 4. The van der Waals surface area contributed by atoms with Gasteiger partial charge in [0, 0.05) is 15.2 Å². The molecule has 0 amide bonds. The summed E-state index contributed by atoms with van der Waals surface area (Å²) in [6.45, 7) is 0. The van der Waals surface area contributed by atoms with Crippen LogP contribution in [-0.2, 0) is 0 Å². The van der Waals surface area contributed by atoms with Crippen molar-refractivity contribution in [2.45, 2.75) is 0 Å². The third-order valence-electron chi connectivity index (χ3n) is 2.75. The van der Waals surface area contributed by atoms with Gasteiger partial charge in [0.05, 0.1) is 4.92 Å². The van der Waals surface area contributed by atoms with Crippen molar-refractivity contribution in [3.63, 3.8) is 0 Å². The van der Waals surface area contributed by atoms with Gasteiger partial charge in [0.15, 0.2) is 11.5 Å². The zero-order valence-corrected chi connectivity index (χ0v) is 12.9. The maximum absolute atomic E-state index is 11.9. The minimum Gasteiger partial charge on any atom is -0.502 e. The predicted molar refractivity (Wildman–Crippen MR) is 87.3 cm³/mol. The second-order valence-corrected chi connectivity index (χ2v) is 5.46. The van der Waals surface area contributed by atoms with E-state index in [1.165, 1.54) is 30.4 Å². The van der Waals surface area contributed by atoms with Crippen molar-refractivity contribution < 1.29 is 14.8 Å². The fourth-order valence-corrected chi connectivity index (χ4v) is 2.03. The molecule has 0 aliphatic heterocycles. The SMILES string of the molecule is O=C(/C=C/c1ccc(O)c([N+](=O)[O-])c1)c1ccc(I)cc1. The molecule has 0 atom stereocenters. The lowest BCUT2D eigenvalue weighted by atomic mass is 10.1. The number of benzene rings is 2. The molecule has 1 N–H and O–H groups in total. The highest BCUT2D eigenvalue weighted by molar-refractivity contribution is 14.1. The maximum Gasteiger partial charge on any atom is 0.311 e. The fourth-order valence-electron chi connectivity index (χ4n) is 1.67. The number of nitrogens with zero attached hydrogens (tertiary/aromatic N) is 1. The molecule has 5 nitrogen and oxygen atoms in total. The first kappa shape index (κ1) is 15.2. The van der Waals surface area contributed by atoms with Gasteiger partial charge in [0.1, 0.15) is 0 Å². The van der Waals surface area contributed by atoms with Gasteiger partial charge in [-0.05, 0) is 52.4 Å². The van der Waals surface area contributed by atoms with E-state index < -0.39 is 10.7 Å². The molecule has 0 heterocycles. The molecular formula is C15H10INO4. The molecule has 0 fully saturated rings. The summed E-state index contributed by atoms with van der Waals surface area (Å²) < 4.78 is 1.03. The molecule has 2 aromatic rings. The van der Waals surface area contributed by atoms with Crippen molar-refractivity contribution in [2.24, 2.45) is 0 Å². The average molecular weight is 395 g/mol. The topological polar surface area (TPSA) is 80.4 Å². The van der Waals surface area contributed by atoms with Crippen molar-refractivity contribution in [3.05, 3.63) is 73.4 Å². The number of phenolic OH excluding ortho intramolecular Hbond substituents is 1. The van der Waals surface area contributed by atoms with Crippen LogP contribution in [0, 0.1) is 13.7 Å². The molecular weight excluding hydrogens is 385 g/mol. The van der Waals surface area contributed by atoms with E-state index in [0.717, 1.165) is 3.57 Å². The number of hydrogen-bond donors (Lipinski definition) is 1. The van der Waals surface area contributed by atoms with Crippen molar-refractivity contribution >= 4 is 40.1 Å². The summed E-state index contributed by atoms with van der Waals surface area (Å²) in [5, 5.41) is 20.1. The number of carbonyl (C=O) groups is 1. The van der Waals surface area contributed by atoms with Crippen LogP contribution in [0.5, 0.6) is 5.75 Å². The number of halogens is 1. The van der Waals surface area contributed by atoms with Gasteiger partial charge in [0.25, 0.3) is 0 Å². The molecule has 0 radical (unpaired) electrons. The quantitative estimate of drug-likeness (QED) is 0.281. The van der Waals surface area contributed by atoms with Crippen molar-refractivity contribution in [1.82, 2.24) is 0 Å². The number of carbonyl (C=O) groups excluding carboxylic acids is 1. The number of allylic oxidation sites excluding steroid dienone is 1. The number of hydrogen-bond acceptors (Lipinski definition) is 4. The van der Waals surface area contributed by atoms with Gasteiger partial charge in [-0.25, -0.2) is 0 Å². The molecule has 0 saturated heterocycles. The average Bonchev–Trinajstić information content (AvgIpc) is 2.46.